The molecule has 1 N–H and O–H groups in total. The number of hydrogen-bond donors (Lipinski definition) is 1. The molecule has 0 aliphatic rings. The van der Waals surface area contributed by atoms with Crippen LogP contribution in [0.3, 0.4) is 0 Å². The zero-order valence-electron chi connectivity index (χ0n) is 12.1. The van der Waals surface area contributed by atoms with Gasteiger partial charge in [0, 0.05) is 18.3 Å². The molecule has 1 heterocycles. The molecule has 3 heteroatoms. The van der Waals surface area contributed by atoms with Gasteiger partial charge >= 0.3 is 0 Å². The predicted molar refractivity (Wildman–Crippen MR) is 76.9 cm³/mol. The number of nitrogens with zero attached hydrogens (tertiary/aromatic N) is 2. The molecular weight excluding hydrogens is 224 g/mol. The van der Waals surface area contributed by atoms with Crippen molar-refractivity contribution in [1.29, 1.82) is 0 Å². The number of aliphatic hydroxyl groups is 1. The van der Waals surface area contributed by atoms with Crippen LogP contribution in [0.1, 0.15) is 51.3 Å². The zero-order valence-corrected chi connectivity index (χ0v) is 12.1. The van der Waals surface area contributed by atoms with Crippen molar-refractivity contribution in [2.45, 2.75) is 59.6 Å². The van der Waals surface area contributed by atoms with Gasteiger partial charge in [0.1, 0.15) is 5.82 Å². The van der Waals surface area contributed by atoms with Crippen LogP contribution in [0.15, 0.2) is 12.1 Å². The van der Waals surface area contributed by atoms with E-state index in [1.807, 2.05) is 19.1 Å². The molecule has 3 nitrogen and oxygen atoms in total. The molecule has 0 aromatic carbocycles. The van der Waals surface area contributed by atoms with E-state index >= 15 is 0 Å². The first-order valence-electron chi connectivity index (χ1n) is 6.97. The number of anilines is 1. The summed E-state index contributed by atoms with van der Waals surface area (Å²) < 4.78 is 0. The van der Waals surface area contributed by atoms with E-state index in [1.165, 1.54) is 12.8 Å². The van der Waals surface area contributed by atoms with E-state index in [2.05, 4.69) is 30.7 Å². The average Bonchev–Trinajstić information content (AvgIpc) is 2.38. The predicted octanol–water partition coefficient (Wildman–Crippen LogP) is 3.29. The molecule has 0 aliphatic heterocycles. The SMILES string of the molecule is CCCCN(c1cc(CO)cc(C)n1)C(C)CC. The van der Waals surface area contributed by atoms with E-state index in [0.717, 1.165) is 30.0 Å². The van der Waals surface area contributed by atoms with Crippen LogP contribution in [0.2, 0.25) is 0 Å². The Morgan fingerprint density at radius 2 is 2.06 bits per heavy atom. The van der Waals surface area contributed by atoms with Crippen molar-refractivity contribution in [1.82, 2.24) is 4.98 Å². The third kappa shape index (κ3) is 3.98. The Labute approximate surface area is 111 Å². The molecule has 0 saturated heterocycles. The molecule has 0 saturated carbocycles. The highest BCUT2D eigenvalue weighted by atomic mass is 16.3. The quantitative estimate of drug-likeness (QED) is 0.806. The van der Waals surface area contributed by atoms with E-state index in [4.69, 9.17) is 0 Å². The van der Waals surface area contributed by atoms with Crippen LogP contribution in [0.4, 0.5) is 5.82 Å². The van der Waals surface area contributed by atoms with Gasteiger partial charge in [-0.15, -0.1) is 0 Å². The topological polar surface area (TPSA) is 36.4 Å². The highest BCUT2D eigenvalue weighted by Crippen LogP contribution is 2.19. The van der Waals surface area contributed by atoms with Crippen molar-refractivity contribution in [3.05, 3.63) is 23.4 Å². The van der Waals surface area contributed by atoms with Crippen LogP contribution in [0.25, 0.3) is 0 Å². The Morgan fingerprint density at radius 3 is 2.61 bits per heavy atom. The summed E-state index contributed by atoms with van der Waals surface area (Å²) >= 11 is 0. The van der Waals surface area contributed by atoms with Gasteiger partial charge in [0.25, 0.3) is 0 Å². The highest BCUT2D eigenvalue weighted by Gasteiger charge is 2.14. The molecule has 1 aromatic heterocycles. The summed E-state index contributed by atoms with van der Waals surface area (Å²) in [5, 5.41) is 9.29. The minimum absolute atomic E-state index is 0.0818. The standard InChI is InChI=1S/C15H26N2O/c1-5-7-8-17(13(4)6-2)15-10-14(11-18)9-12(3)16-15/h9-10,13,18H,5-8,11H2,1-4H3. The molecule has 0 bridgehead atoms. The number of aliphatic hydroxyl groups excluding tert-OH is 1. The molecule has 0 spiro atoms. The van der Waals surface area contributed by atoms with Crippen molar-refractivity contribution >= 4 is 5.82 Å². The monoisotopic (exact) mass is 250 g/mol. The van der Waals surface area contributed by atoms with Gasteiger partial charge in [-0.3, -0.25) is 0 Å². The Hall–Kier alpha value is -1.09. The number of rotatable bonds is 7. The summed E-state index contributed by atoms with van der Waals surface area (Å²) in [5.74, 6) is 1.00. The van der Waals surface area contributed by atoms with Gasteiger partial charge in [-0.25, -0.2) is 4.98 Å². The maximum absolute atomic E-state index is 9.29. The molecule has 1 aromatic rings. The summed E-state index contributed by atoms with van der Waals surface area (Å²) in [4.78, 5) is 6.98. The molecule has 102 valence electrons. The Morgan fingerprint density at radius 1 is 1.33 bits per heavy atom. The summed E-state index contributed by atoms with van der Waals surface area (Å²) in [6, 6.07) is 4.44. The zero-order chi connectivity index (χ0) is 13.5. The van der Waals surface area contributed by atoms with Crippen molar-refractivity contribution in [2.24, 2.45) is 0 Å². The number of aromatic nitrogens is 1. The molecule has 1 atom stereocenters. The molecule has 1 unspecified atom stereocenters. The van der Waals surface area contributed by atoms with Gasteiger partial charge < -0.3 is 10.0 Å². The highest BCUT2D eigenvalue weighted by molar-refractivity contribution is 5.43. The molecule has 0 aliphatic carbocycles. The van der Waals surface area contributed by atoms with E-state index < -0.39 is 0 Å². The number of hydrogen-bond acceptors (Lipinski definition) is 3. The minimum Gasteiger partial charge on any atom is -0.392 e. The first-order chi connectivity index (χ1) is 8.62. The molecule has 0 radical (unpaired) electrons. The lowest BCUT2D eigenvalue weighted by Crippen LogP contribution is -2.34. The van der Waals surface area contributed by atoms with Gasteiger partial charge in [0.15, 0.2) is 0 Å². The number of unbranched alkanes of at least 4 members (excludes halogenated alkanes) is 1. The van der Waals surface area contributed by atoms with Crippen LogP contribution in [-0.4, -0.2) is 22.7 Å². The van der Waals surface area contributed by atoms with Gasteiger partial charge in [0.05, 0.1) is 6.61 Å². The van der Waals surface area contributed by atoms with Crippen LogP contribution < -0.4 is 4.90 Å². The average molecular weight is 250 g/mol. The van der Waals surface area contributed by atoms with Crippen molar-refractivity contribution < 1.29 is 5.11 Å². The normalized spacial score (nSPS) is 12.5. The van der Waals surface area contributed by atoms with Crippen LogP contribution in [0, 0.1) is 6.92 Å². The minimum atomic E-state index is 0.0818. The van der Waals surface area contributed by atoms with E-state index in [0.29, 0.717) is 6.04 Å². The first-order valence-corrected chi connectivity index (χ1v) is 6.97. The van der Waals surface area contributed by atoms with Crippen LogP contribution in [0.5, 0.6) is 0 Å². The van der Waals surface area contributed by atoms with Gasteiger partial charge in [-0.2, -0.15) is 0 Å². The second kappa shape index (κ2) is 7.37. The van der Waals surface area contributed by atoms with Gasteiger partial charge in [0.2, 0.25) is 0 Å². The van der Waals surface area contributed by atoms with Crippen molar-refractivity contribution in [2.75, 3.05) is 11.4 Å². The molecule has 18 heavy (non-hydrogen) atoms. The summed E-state index contributed by atoms with van der Waals surface area (Å²) in [7, 11) is 0. The Kier molecular flexibility index (Phi) is 6.13. The number of aryl methyl sites for hydroxylation is 1. The van der Waals surface area contributed by atoms with Crippen molar-refractivity contribution in [3.8, 4) is 0 Å². The van der Waals surface area contributed by atoms with Gasteiger partial charge in [-0.1, -0.05) is 20.3 Å². The van der Waals surface area contributed by atoms with Crippen LogP contribution in [-0.2, 0) is 6.61 Å². The molecular formula is C15H26N2O. The second-order valence-electron chi connectivity index (χ2n) is 4.94. The Balaban J connectivity index is 2.99. The van der Waals surface area contributed by atoms with E-state index in [1.54, 1.807) is 0 Å². The fourth-order valence-electron chi connectivity index (χ4n) is 2.07. The summed E-state index contributed by atoms with van der Waals surface area (Å²) in [6.45, 7) is 9.74. The second-order valence-corrected chi connectivity index (χ2v) is 4.94. The molecule has 0 fully saturated rings. The maximum Gasteiger partial charge on any atom is 0.129 e. The third-order valence-electron chi connectivity index (χ3n) is 3.35. The van der Waals surface area contributed by atoms with Crippen LogP contribution >= 0.6 is 0 Å². The summed E-state index contributed by atoms with van der Waals surface area (Å²) in [5.41, 5.74) is 1.92. The maximum atomic E-state index is 9.29. The number of pyridine rings is 1. The summed E-state index contributed by atoms with van der Waals surface area (Å²) in [6.07, 6.45) is 3.47. The fraction of sp³-hybridized carbons (Fsp3) is 0.667. The van der Waals surface area contributed by atoms with Gasteiger partial charge in [-0.05, 0) is 44.4 Å². The lowest BCUT2D eigenvalue weighted by molar-refractivity contribution is 0.281. The fourth-order valence-corrected chi connectivity index (χ4v) is 2.07. The third-order valence-corrected chi connectivity index (χ3v) is 3.35. The lowest BCUT2D eigenvalue weighted by Gasteiger charge is -2.30. The molecule has 0 amide bonds. The Bertz CT molecular complexity index is 366. The smallest absolute Gasteiger partial charge is 0.129 e. The van der Waals surface area contributed by atoms with Crippen molar-refractivity contribution in [3.63, 3.8) is 0 Å². The first kappa shape index (κ1) is 15.0. The molecule has 1 rings (SSSR count). The lowest BCUT2D eigenvalue weighted by atomic mass is 10.1. The van der Waals surface area contributed by atoms with E-state index in [9.17, 15) is 5.11 Å². The largest absolute Gasteiger partial charge is 0.392 e. The van der Waals surface area contributed by atoms with E-state index in [-0.39, 0.29) is 6.61 Å².